The average Bonchev–Trinajstić information content (AvgIpc) is 2.27. The zero-order valence-corrected chi connectivity index (χ0v) is 9.23. The summed E-state index contributed by atoms with van der Waals surface area (Å²) in [5, 5.41) is 2.85. The second-order valence-corrected chi connectivity index (χ2v) is 4.50. The van der Waals surface area contributed by atoms with E-state index in [0.717, 1.165) is 16.1 Å². The van der Waals surface area contributed by atoms with E-state index >= 15 is 0 Å². The van der Waals surface area contributed by atoms with Gasteiger partial charge < -0.3 is 5.32 Å². The van der Waals surface area contributed by atoms with Crippen molar-refractivity contribution in [2.24, 2.45) is 5.84 Å². The molecule has 0 saturated carbocycles. The van der Waals surface area contributed by atoms with E-state index in [2.05, 4.69) is 10.7 Å². The average molecular weight is 223 g/mol. The Morgan fingerprint density at radius 2 is 2.40 bits per heavy atom. The first kappa shape index (κ1) is 10.5. The highest BCUT2D eigenvalue weighted by atomic mass is 32.2. The topological polar surface area (TPSA) is 67.2 Å². The first-order valence-electron chi connectivity index (χ1n) is 4.73. The summed E-state index contributed by atoms with van der Waals surface area (Å²) >= 11 is 1.56. The van der Waals surface area contributed by atoms with Gasteiger partial charge in [0.25, 0.3) is 0 Å². The Kier molecular flexibility index (Phi) is 2.95. The first-order valence-corrected chi connectivity index (χ1v) is 5.72. The maximum atomic E-state index is 11.2. The van der Waals surface area contributed by atoms with Crippen LogP contribution < -0.4 is 16.6 Å². The van der Waals surface area contributed by atoms with Crippen molar-refractivity contribution in [3.8, 4) is 0 Å². The molecule has 1 aromatic carbocycles. The molecule has 1 aliphatic rings. The van der Waals surface area contributed by atoms with Crippen LogP contribution in [-0.2, 0) is 4.79 Å². The summed E-state index contributed by atoms with van der Waals surface area (Å²) in [7, 11) is 0. The van der Waals surface area contributed by atoms with E-state index in [9.17, 15) is 4.79 Å². The predicted octanol–water partition coefficient (Wildman–Crippen LogP) is 1.26. The maximum Gasteiger partial charge on any atom is 0.234 e. The number of anilines is 1. The van der Waals surface area contributed by atoms with E-state index in [1.165, 1.54) is 0 Å². The zero-order valence-electron chi connectivity index (χ0n) is 8.41. The minimum atomic E-state index is 0.0537. The highest BCUT2D eigenvalue weighted by Gasteiger charge is 2.16. The quantitative estimate of drug-likeness (QED) is 0.521. The van der Waals surface area contributed by atoms with E-state index in [1.807, 2.05) is 25.1 Å². The molecule has 0 fully saturated rings. The van der Waals surface area contributed by atoms with Gasteiger partial charge in [0.15, 0.2) is 0 Å². The van der Waals surface area contributed by atoms with Gasteiger partial charge >= 0.3 is 0 Å². The van der Waals surface area contributed by atoms with Crippen LogP contribution in [0.2, 0.25) is 0 Å². The predicted molar refractivity (Wildman–Crippen MR) is 61.5 cm³/mol. The van der Waals surface area contributed by atoms with E-state index in [-0.39, 0.29) is 11.9 Å². The van der Waals surface area contributed by atoms with Crippen LogP contribution in [0.4, 0.5) is 5.69 Å². The van der Waals surface area contributed by atoms with Crippen molar-refractivity contribution in [3.63, 3.8) is 0 Å². The summed E-state index contributed by atoms with van der Waals surface area (Å²) in [5.41, 5.74) is 4.63. The second-order valence-electron chi connectivity index (χ2n) is 3.48. The summed E-state index contributed by atoms with van der Waals surface area (Å²) in [6.07, 6.45) is 0. The standard InChI is InChI=1S/C10H13N3OS/c1-6(13-11)7-2-3-9-8(4-7)12-10(14)5-15-9/h2-4,6,13H,5,11H2,1H3,(H,12,14). The zero-order chi connectivity index (χ0) is 10.8. The Morgan fingerprint density at radius 1 is 1.60 bits per heavy atom. The molecule has 1 aliphatic heterocycles. The molecule has 1 heterocycles. The van der Waals surface area contributed by atoms with Gasteiger partial charge in [-0.15, -0.1) is 11.8 Å². The molecule has 1 atom stereocenters. The second kappa shape index (κ2) is 4.22. The Bertz CT molecular complexity index is 394. The number of amides is 1. The summed E-state index contributed by atoms with van der Waals surface area (Å²) < 4.78 is 0. The molecular formula is C10H13N3OS. The maximum absolute atomic E-state index is 11.2. The summed E-state index contributed by atoms with van der Waals surface area (Å²) in [6, 6.07) is 6.08. The van der Waals surface area contributed by atoms with Gasteiger partial charge in [0.2, 0.25) is 5.91 Å². The number of fused-ring (bicyclic) bond motifs is 1. The van der Waals surface area contributed by atoms with Gasteiger partial charge in [0, 0.05) is 10.9 Å². The van der Waals surface area contributed by atoms with Crippen LogP contribution in [0.15, 0.2) is 23.1 Å². The number of hydrogen-bond donors (Lipinski definition) is 3. The van der Waals surface area contributed by atoms with Crippen LogP contribution in [0.5, 0.6) is 0 Å². The molecule has 1 unspecified atom stereocenters. The van der Waals surface area contributed by atoms with Crippen molar-refractivity contribution >= 4 is 23.4 Å². The molecule has 2 rings (SSSR count). The number of thioether (sulfide) groups is 1. The van der Waals surface area contributed by atoms with Crippen LogP contribution in [0, 0.1) is 0 Å². The van der Waals surface area contributed by atoms with Crippen molar-refractivity contribution in [2.45, 2.75) is 17.9 Å². The Hall–Kier alpha value is -1.04. The molecular weight excluding hydrogens is 210 g/mol. The highest BCUT2D eigenvalue weighted by Crippen LogP contribution is 2.33. The molecule has 4 N–H and O–H groups in total. The molecule has 5 heteroatoms. The van der Waals surface area contributed by atoms with Gasteiger partial charge in [-0.3, -0.25) is 16.1 Å². The minimum absolute atomic E-state index is 0.0537. The van der Waals surface area contributed by atoms with Crippen LogP contribution in [0.1, 0.15) is 18.5 Å². The van der Waals surface area contributed by atoms with Crippen molar-refractivity contribution in [3.05, 3.63) is 23.8 Å². The number of nitrogens with one attached hydrogen (secondary N) is 2. The minimum Gasteiger partial charge on any atom is -0.324 e. The molecule has 0 radical (unpaired) electrons. The number of nitrogens with two attached hydrogens (primary N) is 1. The van der Waals surface area contributed by atoms with Crippen LogP contribution >= 0.6 is 11.8 Å². The molecule has 0 aliphatic carbocycles. The highest BCUT2D eigenvalue weighted by molar-refractivity contribution is 8.00. The molecule has 0 spiro atoms. The molecule has 0 aromatic heterocycles. The van der Waals surface area contributed by atoms with Gasteiger partial charge in [0.05, 0.1) is 11.4 Å². The Morgan fingerprint density at radius 3 is 3.13 bits per heavy atom. The number of carbonyl (C=O) groups is 1. The van der Waals surface area contributed by atoms with Crippen molar-refractivity contribution in [1.82, 2.24) is 5.43 Å². The Labute approximate surface area is 92.6 Å². The van der Waals surface area contributed by atoms with Gasteiger partial charge in [-0.05, 0) is 24.6 Å². The normalized spacial score (nSPS) is 16.8. The molecule has 1 amide bonds. The first-order chi connectivity index (χ1) is 7.20. The molecule has 0 bridgehead atoms. The number of hydrazine groups is 1. The molecule has 0 saturated heterocycles. The van der Waals surface area contributed by atoms with E-state index in [4.69, 9.17) is 5.84 Å². The Balaban J connectivity index is 2.32. The van der Waals surface area contributed by atoms with Gasteiger partial charge in [0.1, 0.15) is 0 Å². The fourth-order valence-electron chi connectivity index (χ4n) is 1.47. The fourth-order valence-corrected chi connectivity index (χ4v) is 2.25. The third-order valence-corrected chi connectivity index (χ3v) is 3.46. The van der Waals surface area contributed by atoms with Gasteiger partial charge in [-0.25, -0.2) is 0 Å². The number of hydrogen-bond acceptors (Lipinski definition) is 4. The smallest absolute Gasteiger partial charge is 0.234 e. The monoisotopic (exact) mass is 223 g/mol. The third-order valence-electron chi connectivity index (χ3n) is 2.39. The molecule has 4 nitrogen and oxygen atoms in total. The SMILES string of the molecule is CC(NN)c1ccc2c(c1)NC(=O)CS2. The molecule has 1 aromatic rings. The lowest BCUT2D eigenvalue weighted by molar-refractivity contribution is -0.113. The van der Waals surface area contributed by atoms with Crippen LogP contribution in [0.25, 0.3) is 0 Å². The number of carbonyl (C=O) groups excluding carboxylic acids is 1. The van der Waals surface area contributed by atoms with Crippen LogP contribution in [0.3, 0.4) is 0 Å². The molecule has 15 heavy (non-hydrogen) atoms. The number of rotatable bonds is 2. The van der Waals surface area contributed by atoms with Crippen molar-refractivity contribution in [2.75, 3.05) is 11.1 Å². The van der Waals surface area contributed by atoms with E-state index in [1.54, 1.807) is 11.8 Å². The van der Waals surface area contributed by atoms with E-state index < -0.39 is 0 Å². The fraction of sp³-hybridized carbons (Fsp3) is 0.300. The van der Waals surface area contributed by atoms with Crippen molar-refractivity contribution in [1.29, 1.82) is 0 Å². The third kappa shape index (κ3) is 2.14. The van der Waals surface area contributed by atoms with E-state index in [0.29, 0.717) is 5.75 Å². The summed E-state index contributed by atoms with van der Waals surface area (Å²) in [5.74, 6) is 5.92. The summed E-state index contributed by atoms with van der Waals surface area (Å²) in [4.78, 5) is 12.3. The lowest BCUT2D eigenvalue weighted by atomic mass is 10.1. The molecule has 80 valence electrons. The lowest BCUT2D eigenvalue weighted by Gasteiger charge is -2.19. The lowest BCUT2D eigenvalue weighted by Crippen LogP contribution is -2.26. The van der Waals surface area contributed by atoms with Crippen LogP contribution in [-0.4, -0.2) is 11.7 Å². The van der Waals surface area contributed by atoms with Crippen molar-refractivity contribution < 1.29 is 4.79 Å². The summed E-state index contributed by atoms with van der Waals surface area (Å²) in [6.45, 7) is 1.97. The largest absolute Gasteiger partial charge is 0.324 e. The number of benzene rings is 1. The van der Waals surface area contributed by atoms with Gasteiger partial charge in [-0.2, -0.15) is 0 Å². The van der Waals surface area contributed by atoms with Gasteiger partial charge in [-0.1, -0.05) is 6.07 Å².